The molecule has 0 radical (unpaired) electrons. The molecule has 25 heavy (non-hydrogen) atoms. The van der Waals surface area contributed by atoms with Gasteiger partial charge in [0.2, 0.25) is 5.91 Å². The first-order valence-electron chi connectivity index (χ1n) is 7.18. The Hall–Kier alpha value is -2.45. The van der Waals surface area contributed by atoms with E-state index in [4.69, 9.17) is 16.3 Å². The van der Waals surface area contributed by atoms with Crippen LogP contribution in [0.5, 0.6) is 5.75 Å². The first kappa shape index (κ1) is 18.9. The highest BCUT2D eigenvalue weighted by molar-refractivity contribution is 7.18. The second kappa shape index (κ2) is 9.14. The molecule has 0 unspecified atom stereocenters. The lowest BCUT2D eigenvalue weighted by Gasteiger charge is -2.08. The Balaban J connectivity index is 1.64. The van der Waals surface area contributed by atoms with Gasteiger partial charge in [0.05, 0.1) is 9.21 Å². The molecule has 0 atom stereocenters. The van der Waals surface area contributed by atoms with E-state index in [1.165, 1.54) is 24.3 Å². The lowest BCUT2D eigenvalue weighted by atomic mass is 10.2. The second-order valence-electron chi connectivity index (χ2n) is 4.87. The van der Waals surface area contributed by atoms with Gasteiger partial charge in [-0.2, -0.15) is 0 Å². The van der Waals surface area contributed by atoms with E-state index < -0.39 is 17.6 Å². The SMILES string of the molecule is O=C(CCC(=O)c1ccc(Cl)s1)NNC(=O)COc1ccc(F)cc1. The fraction of sp³-hybridized carbons (Fsp3) is 0.188. The zero-order valence-corrected chi connectivity index (χ0v) is 14.5. The van der Waals surface area contributed by atoms with Gasteiger partial charge in [0.1, 0.15) is 11.6 Å². The molecule has 1 aromatic heterocycles. The number of hydrogen-bond donors (Lipinski definition) is 2. The van der Waals surface area contributed by atoms with Crippen LogP contribution >= 0.6 is 22.9 Å². The van der Waals surface area contributed by atoms with E-state index in [1.807, 2.05) is 0 Å². The van der Waals surface area contributed by atoms with Gasteiger partial charge < -0.3 is 4.74 Å². The first-order valence-corrected chi connectivity index (χ1v) is 8.38. The van der Waals surface area contributed by atoms with Gasteiger partial charge in [0.15, 0.2) is 12.4 Å². The molecule has 9 heteroatoms. The third kappa shape index (κ3) is 6.52. The molecule has 0 aliphatic rings. The highest BCUT2D eigenvalue weighted by Crippen LogP contribution is 2.22. The number of benzene rings is 1. The van der Waals surface area contributed by atoms with Crippen LogP contribution in [0.15, 0.2) is 36.4 Å². The number of halogens is 2. The van der Waals surface area contributed by atoms with Gasteiger partial charge in [-0.25, -0.2) is 4.39 Å². The number of ether oxygens (including phenoxy) is 1. The zero-order chi connectivity index (χ0) is 18.2. The van der Waals surface area contributed by atoms with Crippen molar-refractivity contribution in [2.75, 3.05) is 6.61 Å². The van der Waals surface area contributed by atoms with E-state index in [-0.39, 0.29) is 25.2 Å². The molecule has 2 aromatic rings. The van der Waals surface area contributed by atoms with Crippen LogP contribution in [0.1, 0.15) is 22.5 Å². The minimum Gasteiger partial charge on any atom is -0.484 e. The maximum absolute atomic E-state index is 12.7. The summed E-state index contributed by atoms with van der Waals surface area (Å²) in [6.07, 6.45) is -0.0714. The summed E-state index contributed by atoms with van der Waals surface area (Å²) in [4.78, 5) is 35.5. The molecule has 6 nitrogen and oxygen atoms in total. The molecule has 0 bridgehead atoms. The monoisotopic (exact) mass is 384 g/mol. The maximum atomic E-state index is 12.7. The fourth-order valence-corrected chi connectivity index (χ4v) is 2.74. The standard InChI is InChI=1S/C16H14ClFN2O4S/c17-14-7-6-13(25-14)12(21)5-8-15(22)19-20-16(23)9-24-11-3-1-10(18)2-4-11/h1-4,6-7H,5,8-9H2,(H,19,22)(H,20,23). The lowest BCUT2D eigenvalue weighted by Crippen LogP contribution is -2.43. The Morgan fingerprint density at radius 2 is 1.68 bits per heavy atom. The predicted octanol–water partition coefficient (Wildman–Crippen LogP) is 2.73. The molecule has 2 N–H and O–H groups in total. The first-order chi connectivity index (χ1) is 11.9. The van der Waals surface area contributed by atoms with Gasteiger partial charge in [-0.15, -0.1) is 11.3 Å². The summed E-state index contributed by atoms with van der Waals surface area (Å²) >= 11 is 6.89. The van der Waals surface area contributed by atoms with Crippen molar-refractivity contribution >= 4 is 40.5 Å². The Morgan fingerprint density at radius 1 is 1.00 bits per heavy atom. The number of ketones is 1. The van der Waals surface area contributed by atoms with Crippen molar-refractivity contribution in [2.24, 2.45) is 0 Å². The largest absolute Gasteiger partial charge is 0.484 e. The van der Waals surface area contributed by atoms with Gasteiger partial charge in [0, 0.05) is 12.8 Å². The van der Waals surface area contributed by atoms with Crippen molar-refractivity contribution in [3.8, 4) is 5.75 Å². The van der Waals surface area contributed by atoms with Crippen molar-refractivity contribution in [1.29, 1.82) is 0 Å². The Bertz CT molecular complexity index is 764. The van der Waals surface area contributed by atoms with E-state index in [9.17, 15) is 18.8 Å². The van der Waals surface area contributed by atoms with Crippen LogP contribution in [0.3, 0.4) is 0 Å². The minimum absolute atomic E-state index is 0.00459. The smallest absolute Gasteiger partial charge is 0.276 e. The number of carbonyl (C=O) groups is 3. The van der Waals surface area contributed by atoms with Crippen LogP contribution in [0.2, 0.25) is 4.34 Å². The average molecular weight is 385 g/mol. The summed E-state index contributed by atoms with van der Waals surface area (Å²) < 4.78 is 18.3. The lowest BCUT2D eigenvalue weighted by molar-refractivity contribution is -0.130. The summed E-state index contributed by atoms with van der Waals surface area (Å²) in [5.74, 6) is -1.38. The van der Waals surface area contributed by atoms with E-state index in [1.54, 1.807) is 12.1 Å². The summed E-state index contributed by atoms with van der Waals surface area (Å²) in [7, 11) is 0. The molecular weight excluding hydrogens is 371 g/mol. The second-order valence-corrected chi connectivity index (χ2v) is 6.58. The Morgan fingerprint density at radius 3 is 2.32 bits per heavy atom. The molecule has 2 rings (SSSR count). The van der Waals surface area contributed by atoms with Crippen molar-refractivity contribution in [3.05, 3.63) is 51.4 Å². The number of hydrogen-bond acceptors (Lipinski definition) is 5. The number of amides is 2. The van der Waals surface area contributed by atoms with Crippen LogP contribution in [0.4, 0.5) is 4.39 Å². The highest BCUT2D eigenvalue weighted by Gasteiger charge is 2.12. The van der Waals surface area contributed by atoms with Gasteiger partial charge >= 0.3 is 0 Å². The normalized spacial score (nSPS) is 10.2. The average Bonchev–Trinajstić information content (AvgIpc) is 3.04. The number of thiophene rings is 1. The van der Waals surface area contributed by atoms with Crippen LogP contribution in [-0.4, -0.2) is 24.2 Å². The quantitative estimate of drug-likeness (QED) is 0.568. The van der Waals surface area contributed by atoms with E-state index in [0.29, 0.717) is 15.0 Å². The number of hydrazine groups is 1. The molecule has 1 aromatic carbocycles. The topological polar surface area (TPSA) is 84.5 Å². The minimum atomic E-state index is -0.589. The number of rotatable bonds is 7. The summed E-state index contributed by atoms with van der Waals surface area (Å²) in [6, 6.07) is 8.37. The Labute approximate surface area is 151 Å². The molecule has 0 spiro atoms. The molecule has 0 saturated carbocycles. The molecule has 132 valence electrons. The van der Waals surface area contributed by atoms with E-state index in [0.717, 1.165) is 11.3 Å². The van der Waals surface area contributed by atoms with E-state index >= 15 is 0 Å². The molecule has 0 saturated heterocycles. The van der Waals surface area contributed by atoms with Crippen molar-refractivity contribution in [3.63, 3.8) is 0 Å². The number of Topliss-reactive ketones (excluding diaryl/α,β-unsaturated/α-hetero) is 1. The highest BCUT2D eigenvalue weighted by atomic mass is 35.5. The van der Waals surface area contributed by atoms with E-state index in [2.05, 4.69) is 10.9 Å². The zero-order valence-electron chi connectivity index (χ0n) is 12.9. The molecule has 0 aliphatic carbocycles. The van der Waals surface area contributed by atoms with Crippen LogP contribution in [0.25, 0.3) is 0 Å². The van der Waals surface area contributed by atoms with Crippen molar-refractivity contribution in [2.45, 2.75) is 12.8 Å². The van der Waals surface area contributed by atoms with Gasteiger partial charge in [-0.3, -0.25) is 25.2 Å². The predicted molar refractivity (Wildman–Crippen MR) is 91.1 cm³/mol. The van der Waals surface area contributed by atoms with Crippen molar-refractivity contribution in [1.82, 2.24) is 10.9 Å². The third-order valence-corrected chi connectivity index (χ3v) is 4.22. The Kier molecular flexibility index (Phi) is 6.91. The summed E-state index contributed by atoms with van der Waals surface area (Å²) in [5, 5.41) is 0. The van der Waals surface area contributed by atoms with Crippen molar-refractivity contribution < 1.29 is 23.5 Å². The number of nitrogens with one attached hydrogen (secondary N) is 2. The molecule has 1 heterocycles. The molecule has 0 fully saturated rings. The van der Waals surface area contributed by atoms with Crippen LogP contribution < -0.4 is 15.6 Å². The fourth-order valence-electron chi connectivity index (χ4n) is 1.73. The van der Waals surface area contributed by atoms with Gasteiger partial charge in [-0.05, 0) is 36.4 Å². The maximum Gasteiger partial charge on any atom is 0.276 e. The third-order valence-electron chi connectivity index (χ3n) is 2.95. The molecule has 0 aliphatic heterocycles. The molecular formula is C16H14ClFN2O4S. The van der Waals surface area contributed by atoms with Gasteiger partial charge in [-0.1, -0.05) is 11.6 Å². The molecule has 2 amide bonds. The van der Waals surface area contributed by atoms with Crippen LogP contribution in [0, 0.1) is 5.82 Å². The van der Waals surface area contributed by atoms with Crippen LogP contribution in [-0.2, 0) is 9.59 Å². The number of carbonyl (C=O) groups excluding carboxylic acids is 3. The summed E-state index contributed by atoms with van der Waals surface area (Å²) in [6.45, 7) is -0.349. The van der Waals surface area contributed by atoms with Gasteiger partial charge in [0.25, 0.3) is 5.91 Å². The summed E-state index contributed by atoms with van der Waals surface area (Å²) in [5.41, 5.74) is 4.35.